The van der Waals surface area contributed by atoms with Crippen LogP contribution in [0.2, 0.25) is 5.02 Å². The van der Waals surface area contributed by atoms with Crippen molar-refractivity contribution in [2.45, 2.75) is 97.1 Å². The number of benzene rings is 1. The van der Waals surface area contributed by atoms with Gasteiger partial charge in [-0.1, -0.05) is 42.1 Å². The minimum absolute atomic E-state index is 0.335. The zero-order valence-electron chi connectivity index (χ0n) is 30.4. The largest absolute Gasteiger partial charge is 0.424 e. The summed E-state index contributed by atoms with van der Waals surface area (Å²) >= 11 is 6.53. The van der Waals surface area contributed by atoms with Crippen molar-refractivity contribution in [3.63, 3.8) is 0 Å². The van der Waals surface area contributed by atoms with Crippen LogP contribution in [0.25, 0.3) is 22.2 Å². The molecule has 0 aliphatic rings. The number of carbonyl (C=O) groups excluding carboxylic acids is 1. The van der Waals surface area contributed by atoms with E-state index in [-0.39, 0.29) is 0 Å². The molecule has 5 aromatic rings. The maximum atomic E-state index is 11.9. The molecular weight excluding hydrogens is 676 g/mol. The summed E-state index contributed by atoms with van der Waals surface area (Å²) in [5.41, 5.74) is 4.30. The summed E-state index contributed by atoms with van der Waals surface area (Å²) in [5.74, 6) is -0.105. The highest BCUT2D eigenvalue weighted by atomic mass is 35.5. The van der Waals surface area contributed by atoms with Crippen LogP contribution in [-0.2, 0) is 40.2 Å². The van der Waals surface area contributed by atoms with Crippen molar-refractivity contribution in [3.8, 4) is 17.0 Å². The van der Waals surface area contributed by atoms with E-state index < -0.39 is 5.97 Å². The Hall–Kier alpha value is -4.25. The molecule has 0 N–H and O–H groups in total. The summed E-state index contributed by atoms with van der Waals surface area (Å²) in [6.07, 6.45) is 25.1. The molecule has 276 valence electrons. The van der Waals surface area contributed by atoms with E-state index >= 15 is 0 Å². The molecule has 0 saturated carbocycles. The van der Waals surface area contributed by atoms with Crippen LogP contribution in [0, 0.1) is 0 Å². The molecule has 52 heavy (non-hydrogen) atoms. The van der Waals surface area contributed by atoms with Crippen molar-refractivity contribution in [3.05, 3.63) is 95.8 Å². The highest BCUT2D eigenvalue weighted by Gasteiger charge is 2.19. The quantitative estimate of drug-likeness (QED) is 0.0271. The number of esters is 1. The van der Waals surface area contributed by atoms with Crippen LogP contribution in [0.1, 0.15) is 82.3 Å². The summed E-state index contributed by atoms with van der Waals surface area (Å²) in [5, 5.41) is 9.82. The Kier molecular flexibility index (Phi) is 16.5. The van der Waals surface area contributed by atoms with Crippen LogP contribution >= 0.6 is 11.6 Å². The van der Waals surface area contributed by atoms with Gasteiger partial charge in [0.1, 0.15) is 17.8 Å². The maximum absolute atomic E-state index is 11.9. The van der Waals surface area contributed by atoms with Gasteiger partial charge in [-0.05, 0) is 87.3 Å². The molecule has 5 rings (SSSR count). The SMILES string of the molecule is CC(=O)Oc1c(-c2cn(CCCCOCCCc3ccc[n+](CCCCCCCCOCCCc4cccnc4)c3)nn2)cc(Cl)c2cccnc12. The second kappa shape index (κ2) is 22.0. The summed E-state index contributed by atoms with van der Waals surface area (Å²) in [6.45, 7) is 6.29. The Morgan fingerprint density at radius 1 is 0.827 bits per heavy atom. The van der Waals surface area contributed by atoms with E-state index in [4.69, 9.17) is 25.8 Å². The first-order valence-corrected chi connectivity index (χ1v) is 19.1. The number of carbonyl (C=O) groups is 1. The Balaban J connectivity index is 0.886. The fourth-order valence-corrected chi connectivity index (χ4v) is 6.46. The third-order valence-electron chi connectivity index (χ3n) is 8.89. The molecule has 0 aliphatic heterocycles. The van der Waals surface area contributed by atoms with Gasteiger partial charge in [0.05, 0.1) is 16.8 Å². The number of unbranched alkanes of at least 4 members (excludes halogenated alkanes) is 6. The van der Waals surface area contributed by atoms with Gasteiger partial charge in [0.2, 0.25) is 0 Å². The number of hydrogen-bond donors (Lipinski definition) is 0. The molecule has 4 heterocycles. The number of rotatable bonds is 24. The monoisotopic (exact) mass is 727 g/mol. The van der Waals surface area contributed by atoms with Crippen molar-refractivity contribution >= 4 is 28.5 Å². The van der Waals surface area contributed by atoms with Gasteiger partial charge in [-0.2, -0.15) is 0 Å². The van der Waals surface area contributed by atoms with E-state index in [1.54, 1.807) is 23.0 Å². The molecule has 4 aromatic heterocycles. The van der Waals surface area contributed by atoms with E-state index in [0.717, 1.165) is 71.3 Å². The predicted molar refractivity (Wildman–Crippen MR) is 203 cm³/mol. The van der Waals surface area contributed by atoms with Crippen LogP contribution in [-0.4, -0.2) is 57.4 Å². The van der Waals surface area contributed by atoms with Crippen molar-refractivity contribution < 1.29 is 23.6 Å². The second-order valence-electron chi connectivity index (χ2n) is 13.2. The first-order valence-electron chi connectivity index (χ1n) is 18.8. The summed E-state index contributed by atoms with van der Waals surface area (Å²) in [6, 6.07) is 13.9. The molecule has 0 fully saturated rings. The highest BCUT2D eigenvalue weighted by molar-refractivity contribution is 6.36. The minimum Gasteiger partial charge on any atom is -0.424 e. The maximum Gasteiger partial charge on any atom is 0.308 e. The molecule has 10 nitrogen and oxygen atoms in total. The predicted octanol–water partition coefficient (Wildman–Crippen LogP) is 8.17. The van der Waals surface area contributed by atoms with E-state index in [1.165, 1.54) is 50.2 Å². The number of aryl methyl sites for hydroxylation is 4. The molecule has 0 spiro atoms. The normalized spacial score (nSPS) is 11.3. The van der Waals surface area contributed by atoms with Crippen molar-refractivity contribution in [2.75, 3.05) is 26.4 Å². The number of nitrogens with zero attached hydrogens (tertiary/aromatic N) is 6. The Bertz CT molecular complexity index is 1800. The van der Waals surface area contributed by atoms with Gasteiger partial charge in [0, 0.05) is 81.9 Å². The fraction of sp³-hybridized carbons (Fsp3) is 0.463. The molecule has 0 saturated heterocycles. The molecule has 0 radical (unpaired) electrons. The Morgan fingerprint density at radius 2 is 1.54 bits per heavy atom. The van der Waals surface area contributed by atoms with Gasteiger partial charge in [-0.25, -0.2) is 4.57 Å². The van der Waals surface area contributed by atoms with Gasteiger partial charge in [-0.15, -0.1) is 5.10 Å². The molecular formula is C41H52ClN6O4+. The lowest BCUT2D eigenvalue weighted by Crippen LogP contribution is -2.33. The Morgan fingerprint density at radius 3 is 2.33 bits per heavy atom. The fourth-order valence-electron chi connectivity index (χ4n) is 6.20. The van der Waals surface area contributed by atoms with Crippen LogP contribution < -0.4 is 9.30 Å². The van der Waals surface area contributed by atoms with Gasteiger partial charge in [0.25, 0.3) is 0 Å². The lowest BCUT2D eigenvalue weighted by atomic mass is 10.1. The molecule has 1 aromatic carbocycles. The van der Waals surface area contributed by atoms with E-state index in [9.17, 15) is 4.79 Å². The molecule has 0 amide bonds. The van der Waals surface area contributed by atoms with Crippen molar-refractivity contribution in [1.82, 2.24) is 25.0 Å². The zero-order valence-corrected chi connectivity index (χ0v) is 31.2. The smallest absolute Gasteiger partial charge is 0.308 e. The van der Waals surface area contributed by atoms with Crippen LogP contribution in [0.4, 0.5) is 0 Å². The van der Waals surface area contributed by atoms with Gasteiger partial charge in [0.15, 0.2) is 18.1 Å². The summed E-state index contributed by atoms with van der Waals surface area (Å²) < 4.78 is 21.4. The number of aromatic nitrogens is 6. The number of pyridine rings is 3. The average molecular weight is 728 g/mol. The van der Waals surface area contributed by atoms with Crippen LogP contribution in [0.3, 0.4) is 0 Å². The molecule has 0 atom stereocenters. The van der Waals surface area contributed by atoms with Crippen molar-refractivity contribution in [1.29, 1.82) is 0 Å². The Labute approximate surface area is 312 Å². The third kappa shape index (κ3) is 13.1. The standard InChI is InChI=1S/C41H52ClN6O4/c1-33(49)52-41-37(29-38(42)36-19-11-21-44-40(36)41)39-32-48(46-45-39)24-7-9-26-51-28-14-18-35-16-12-23-47(31-35)22-6-4-2-3-5-8-25-50-27-13-17-34-15-10-20-43-30-34/h10-12,15-16,19-21,23,29-32H,2-9,13-14,17-18,22,24-28H2,1H3/q+1. The third-order valence-corrected chi connectivity index (χ3v) is 9.20. The zero-order chi connectivity index (χ0) is 36.2. The number of ether oxygens (including phenoxy) is 3. The van der Waals surface area contributed by atoms with E-state index in [2.05, 4.69) is 55.4 Å². The minimum atomic E-state index is -0.440. The lowest BCUT2D eigenvalue weighted by molar-refractivity contribution is -0.697. The van der Waals surface area contributed by atoms with Crippen LogP contribution in [0.5, 0.6) is 5.75 Å². The number of halogens is 1. The topological polar surface area (TPSA) is 105 Å². The van der Waals surface area contributed by atoms with Crippen molar-refractivity contribution in [2.24, 2.45) is 0 Å². The average Bonchev–Trinajstić information content (AvgIpc) is 3.63. The first-order chi connectivity index (χ1) is 25.6. The molecule has 0 bridgehead atoms. The first kappa shape index (κ1) is 39.0. The van der Waals surface area contributed by atoms with E-state index in [1.807, 2.05) is 30.7 Å². The van der Waals surface area contributed by atoms with Gasteiger partial charge >= 0.3 is 5.97 Å². The summed E-state index contributed by atoms with van der Waals surface area (Å²) in [7, 11) is 0. The number of hydrogen-bond acceptors (Lipinski definition) is 8. The van der Waals surface area contributed by atoms with Gasteiger partial charge < -0.3 is 14.2 Å². The molecule has 11 heteroatoms. The van der Waals surface area contributed by atoms with Crippen LogP contribution in [0.15, 0.2) is 79.6 Å². The second-order valence-corrected chi connectivity index (χ2v) is 13.6. The van der Waals surface area contributed by atoms with Gasteiger partial charge in [-0.3, -0.25) is 19.4 Å². The highest BCUT2D eigenvalue weighted by Crippen LogP contribution is 2.39. The number of fused-ring (bicyclic) bond motifs is 1. The van der Waals surface area contributed by atoms with E-state index in [0.29, 0.717) is 46.1 Å². The lowest BCUT2D eigenvalue weighted by Gasteiger charge is -2.11. The molecule has 0 aliphatic carbocycles. The molecule has 0 unspecified atom stereocenters. The summed E-state index contributed by atoms with van der Waals surface area (Å²) in [4.78, 5) is 20.4.